The Labute approximate surface area is 160 Å². The Morgan fingerprint density at radius 2 is 2.07 bits per heavy atom. The molecule has 0 saturated heterocycles. The highest BCUT2D eigenvalue weighted by atomic mass is 35.5. The molecule has 9 nitrogen and oxygen atoms in total. The van der Waals surface area contributed by atoms with Gasteiger partial charge in [-0.2, -0.15) is 5.10 Å². The average molecular weight is 395 g/mol. The first-order chi connectivity index (χ1) is 12.7. The van der Waals surface area contributed by atoms with Crippen molar-refractivity contribution in [1.29, 1.82) is 0 Å². The van der Waals surface area contributed by atoms with Crippen molar-refractivity contribution >= 4 is 35.0 Å². The molecule has 0 radical (unpaired) electrons. The van der Waals surface area contributed by atoms with Gasteiger partial charge in [0.25, 0.3) is 11.6 Å². The van der Waals surface area contributed by atoms with Crippen LogP contribution in [0.3, 0.4) is 0 Å². The number of nitrogens with one attached hydrogen (secondary N) is 1. The Morgan fingerprint density at radius 1 is 1.37 bits per heavy atom. The summed E-state index contributed by atoms with van der Waals surface area (Å²) in [5, 5.41) is 17.6. The number of non-ortho nitro benzene ring substituents is 1. The summed E-state index contributed by atoms with van der Waals surface area (Å²) in [6.45, 7) is 5.34. The number of amides is 1. The smallest absolute Gasteiger partial charge is 0.340 e. The highest BCUT2D eigenvalue weighted by Crippen LogP contribution is 2.23. The fraction of sp³-hybridized carbons (Fsp3) is 0.353. The third-order valence-electron chi connectivity index (χ3n) is 3.96. The third-order valence-corrected chi connectivity index (χ3v) is 4.29. The molecule has 1 N–H and O–H groups in total. The van der Waals surface area contributed by atoms with Crippen molar-refractivity contribution in [2.24, 2.45) is 0 Å². The standard InChI is InChI=1S/C17H19ClN4O5/c1-4-10(2)21-15(7-8-19-21)20-16(23)11(3)27-17(24)13-9-12(22(25)26)5-6-14(13)18/h5-11H,4H2,1-3H3,(H,20,23)/t10-,11+/m1/s1. The maximum Gasteiger partial charge on any atom is 0.340 e. The molecule has 27 heavy (non-hydrogen) atoms. The monoisotopic (exact) mass is 394 g/mol. The molecule has 2 atom stereocenters. The van der Waals surface area contributed by atoms with Gasteiger partial charge >= 0.3 is 5.97 Å². The molecule has 0 spiro atoms. The van der Waals surface area contributed by atoms with Crippen LogP contribution in [0.5, 0.6) is 0 Å². The number of anilines is 1. The van der Waals surface area contributed by atoms with Crippen LogP contribution in [0, 0.1) is 10.1 Å². The van der Waals surface area contributed by atoms with Gasteiger partial charge in [0.15, 0.2) is 6.10 Å². The predicted molar refractivity (Wildman–Crippen MR) is 98.8 cm³/mol. The van der Waals surface area contributed by atoms with E-state index in [1.54, 1.807) is 16.9 Å². The van der Waals surface area contributed by atoms with Gasteiger partial charge in [-0.1, -0.05) is 18.5 Å². The predicted octanol–water partition coefficient (Wildman–Crippen LogP) is 3.60. The molecule has 1 heterocycles. The van der Waals surface area contributed by atoms with Crippen LogP contribution in [0.2, 0.25) is 5.02 Å². The number of aromatic nitrogens is 2. The van der Waals surface area contributed by atoms with Crippen LogP contribution >= 0.6 is 11.6 Å². The lowest BCUT2D eigenvalue weighted by Crippen LogP contribution is -2.31. The zero-order valence-electron chi connectivity index (χ0n) is 15.0. The average Bonchev–Trinajstić information content (AvgIpc) is 3.09. The van der Waals surface area contributed by atoms with E-state index in [1.807, 2.05) is 13.8 Å². The van der Waals surface area contributed by atoms with Crippen LogP contribution in [0.1, 0.15) is 43.6 Å². The molecule has 144 valence electrons. The van der Waals surface area contributed by atoms with Gasteiger partial charge in [0.05, 0.1) is 27.7 Å². The van der Waals surface area contributed by atoms with Gasteiger partial charge in [-0.05, 0) is 26.3 Å². The van der Waals surface area contributed by atoms with Crippen LogP contribution in [-0.2, 0) is 9.53 Å². The first kappa shape index (κ1) is 20.4. The van der Waals surface area contributed by atoms with Crippen molar-refractivity contribution in [1.82, 2.24) is 9.78 Å². The summed E-state index contributed by atoms with van der Waals surface area (Å²) >= 11 is 5.91. The highest BCUT2D eigenvalue weighted by molar-refractivity contribution is 6.33. The number of ether oxygens (including phenoxy) is 1. The fourth-order valence-corrected chi connectivity index (χ4v) is 2.42. The molecule has 0 fully saturated rings. The number of esters is 1. The second kappa shape index (κ2) is 8.63. The Hall–Kier alpha value is -2.94. The van der Waals surface area contributed by atoms with Gasteiger partial charge in [0, 0.05) is 18.2 Å². The van der Waals surface area contributed by atoms with E-state index in [-0.39, 0.29) is 22.3 Å². The van der Waals surface area contributed by atoms with Gasteiger partial charge in [0.1, 0.15) is 5.82 Å². The molecular formula is C17H19ClN4O5. The molecule has 2 rings (SSSR count). The molecule has 0 aliphatic heterocycles. The number of carbonyl (C=O) groups is 2. The molecule has 1 amide bonds. The molecule has 0 aliphatic rings. The van der Waals surface area contributed by atoms with E-state index in [2.05, 4.69) is 10.4 Å². The number of rotatable bonds is 7. The number of hydrogen-bond acceptors (Lipinski definition) is 6. The van der Waals surface area contributed by atoms with Crippen molar-refractivity contribution in [3.8, 4) is 0 Å². The lowest BCUT2D eigenvalue weighted by atomic mass is 10.2. The minimum absolute atomic E-state index is 0.00643. The lowest BCUT2D eigenvalue weighted by Gasteiger charge is -2.17. The molecule has 10 heteroatoms. The summed E-state index contributed by atoms with van der Waals surface area (Å²) in [6.07, 6.45) is 1.23. The van der Waals surface area contributed by atoms with Gasteiger partial charge < -0.3 is 10.1 Å². The van der Waals surface area contributed by atoms with E-state index in [1.165, 1.54) is 19.1 Å². The number of benzene rings is 1. The first-order valence-electron chi connectivity index (χ1n) is 8.23. The zero-order chi connectivity index (χ0) is 20.1. The third kappa shape index (κ3) is 4.82. The Balaban J connectivity index is 2.09. The summed E-state index contributed by atoms with van der Waals surface area (Å²) in [5.41, 5.74) is -0.490. The maximum atomic E-state index is 12.3. The summed E-state index contributed by atoms with van der Waals surface area (Å²) in [4.78, 5) is 34.8. The lowest BCUT2D eigenvalue weighted by molar-refractivity contribution is -0.384. The normalized spacial score (nSPS) is 12.9. The summed E-state index contributed by atoms with van der Waals surface area (Å²) < 4.78 is 6.76. The molecule has 2 aromatic rings. The number of nitro benzene ring substituents is 1. The van der Waals surface area contributed by atoms with Crippen LogP contribution in [0.4, 0.5) is 11.5 Å². The summed E-state index contributed by atoms with van der Waals surface area (Å²) in [5.74, 6) is -1.01. The topological polar surface area (TPSA) is 116 Å². The Morgan fingerprint density at radius 3 is 2.70 bits per heavy atom. The maximum absolute atomic E-state index is 12.3. The number of halogens is 1. The molecule has 0 bridgehead atoms. The minimum Gasteiger partial charge on any atom is -0.449 e. The Bertz CT molecular complexity index is 867. The molecule has 0 saturated carbocycles. The van der Waals surface area contributed by atoms with E-state index in [4.69, 9.17) is 16.3 Å². The second-order valence-corrected chi connectivity index (χ2v) is 6.28. The number of hydrogen-bond donors (Lipinski definition) is 1. The van der Waals surface area contributed by atoms with E-state index < -0.39 is 22.9 Å². The second-order valence-electron chi connectivity index (χ2n) is 5.88. The van der Waals surface area contributed by atoms with Crippen molar-refractivity contribution in [2.45, 2.75) is 39.3 Å². The molecule has 0 unspecified atom stereocenters. The molecule has 1 aromatic heterocycles. The SMILES string of the molecule is CC[C@@H](C)n1nccc1NC(=O)[C@H](C)OC(=O)c1cc([N+](=O)[O-])ccc1Cl. The first-order valence-corrected chi connectivity index (χ1v) is 8.61. The summed E-state index contributed by atoms with van der Waals surface area (Å²) in [6, 6.07) is 5.12. The van der Waals surface area contributed by atoms with E-state index in [0.29, 0.717) is 5.82 Å². The molecular weight excluding hydrogens is 376 g/mol. The van der Waals surface area contributed by atoms with E-state index in [9.17, 15) is 19.7 Å². The largest absolute Gasteiger partial charge is 0.449 e. The Kier molecular flexibility index (Phi) is 6.51. The zero-order valence-corrected chi connectivity index (χ0v) is 15.8. The van der Waals surface area contributed by atoms with Gasteiger partial charge in [-0.25, -0.2) is 9.48 Å². The van der Waals surface area contributed by atoms with Crippen molar-refractivity contribution in [3.05, 3.63) is 51.2 Å². The van der Waals surface area contributed by atoms with Gasteiger partial charge in [-0.3, -0.25) is 14.9 Å². The van der Waals surface area contributed by atoms with Crippen molar-refractivity contribution in [2.75, 3.05) is 5.32 Å². The van der Waals surface area contributed by atoms with Gasteiger partial charge in [-0.15, -0.1) is 0 Å². The van der Waals surface area contributed by atoms with E-state index in [0.717, 1.165) is 12.5 Å². The van der Waals surface area contributed by atoms with E-state index >= 15 is 0 Å². The number of nitro groups is 1. The molecule has 0 aliphatic carbocycles. The minimum atomic E-state index is -1.15. The van der Waals surface area contributed by atoms with Crippen molar-refractivity contribution < 1.29 is 19.2 Å². The van der Waals surface area contributed by atoms with Crippen LogP contribution in [0.15, 0.2) is 30.5 Å². The number of nitrogens with zero attached hydrogens (tertiary/aromatic N) is 3. The molecule has 1 aromatic carbocycles. The van der Waals surface area contributed by atoms with Gasteiger partial charge in [0.2, 0.25) is 0 Å². The van der Waals surface area contributed by atoms with Crippen molar-refractivity contribution in [3.63, 3.8) is 0 Å². The quantitative estimate of drug-likeness (QED) is 0.435. The highest BCUT2D eigenvalue weighted by Gasteiger charge is 2.23. The number of carbonyl (C=O) groups excluding carboxylic acids is 2. The van der Waals surface area contributed by atoms with Crippen LogP contribution in [0.25, 0.3) is 0 Å². The summed E-state index contributed by atoms with van der Waals surface area (Å²) in [7, 11) is 0. The van der Waals surface area contributed by atoms with Crippen LogP contribution < -0.4 is 5.32 Å². The van der Waals surface area contributed by atoms with Crippen LogP contribution in [-0.4, -0.2) is 32.7 Å². The fourth-order valence-electron chi connectivity index (χ4n) is 2.23.